The Labute approximate surface area is 217 Å². The van der Waals surface area contributed by atoms with E-state index in [1.54, 1.807) is 0 Å². The fourth-order valence-corrected chi connectivity index (χ4v) is 4.61. The Morgan fingerprint density at radius 3 is 2.19 bits per heavy atom. The molecule has 2 amide bonds. The minimum Gasteiger partial charge on any atom is -0.457 e. The van der Waals surface area contributed by atoms with Crippen LogP contribution in [0, 0.1) is 0 Å². The number of aromatic nitrogens is 2. The number of carbonyl (C=O) groups excluding carboxylic acids is 1. The van der Waals surface area contributed by atoms with Crippen LogP contribution in [0.25, 0.3) is 10.9 Å². The summed E-state index contributed by atoms with van der Waals surface area (Å²) < 4.78 is 5.81. The van der Waals surface area contributed by atoms with Crippen molar-refractivity contribution < 1.29 is 9.53 Å². The number of hydrogen-bond donors (Lipinski definition) is 3. The third kappa shape index (κ3) is 6.27. The number of fused-ring (bicyclic) bond motifs is 1. The lowest BCUT2D eigenvalue weighted by Crippen LogP contribution is -2.42. The van der Waals surface area contributed by atoms with Gasteiger partial charge in [-0.05, 0) is 74.2 Å². The SMILES string of the molecule is CN(C)c1nc(N[C@H]2CC[C@@H](NC(=O)Nc3ccc(Oc4ccccc4)cc3)CC2)nc2ccccc12. The van der Waals surface area contributed by atoms with Crippen molar-refractivity contribution in [2.75, 3.05) is 29.6 Å². The summed E-state index contributed by atoms with van der Waals surface area (Å²) in [5.41, 5.74) is 1.65. The highest BCUT2D eigenvalue weighted by atomic mass is 16.5. The highest BCUT2D eigenvalue weighted by Crippen LogP contribution is 2.27. The molecular formula is C29H32N6O2. The molecule has 0 saturated heterocycles. The van der Waals surface area contributed by atoms with Gasteiger partial charge < -0.3 is 25.6 Å². The monoisotopic (exact) mass is 496 g/mol. The van der Waals surface area contributed by atoms with E-state index in [0.29, 0.717) is 5.95 Å². The van der Waals surface area contributed by atoms with E-state index in [-0.39, 0.29) is 18.1 Å². The van der Waals surface area contributed by atoms with Crippen LogP contribution in [-0.2, 0) is 0 Å². The predicted molar refractivity (Wildman–Crippen MR) is 149 cm³/mol. The molecule has 190 valence electrons. The summed E-state index contributed by atoms with van der Waals surface area (Å²) >= 11 is 0. The van der Waals surface area contributed by atoms with Gasteiger partial charge in [-0.25, -0.2) is 9.78 Å². The fourth-order valence-electron chi connectivity index (χ4n) is 4.61. The van der Waals surface area contributed by atoms with Gasteiger partial charge in [-0.1, -0.05) is 30.3 Å². The fraction of sp³-hybridized carbons (Fsp3) is 0.276. The van der Waals surface area contributed by atoms with Gasteiger partial charge in [-0.3, -0.25) is 0 Å². The first-order chi connectivity index (χ1) is 18.0. The number of hydrogen-bond acceptors (Lipinski definition) is 6. The van der Waals surface area contributed by atoms with Crippen molar-refractivity contribution in [2.24, 2.45) is 0 Å². The summed E-state index contributed by atoms with van der Waals surface area (Å²) in [6.07, 6.45) is 3.65. The number of ether oxygens (including phenoxy) is 1. The second kappa shape index (κ2) is 11.2. The molecule has 1 heterocycles. The maximum Gasteiger partial charge on any atom is 0.319 e. The lowest BCUT2D eigenvalue weighted by atomic mass is 9.91. The maximum atomic E-state index is 12.6. The summed E-state index contributed by atoms with van der Waals surface area (Å²) in [6.45, 7) is 0. The van der Waals surface area contributed by atoms with E-state index in [4.69, 9.17) is 14.7 Å². The van der Waals surface area contributed by atoms with Gasteiger partial charge in [0.2, 0.25) is 5.95 Å². The molecule has 0 bridgehead atoms. The first-order valence-corrected chi connectivity index (χ1v) is 12.6. The Morgan fingerprint density at radius 2 is 1.46 bits per heavy atom. The molecule has 0 spiro atoms. The van der Waals surface area contributed by atoms with Crippen LogP contribution in [0.4, 0.5) is 22.2 Å². The van der Waals surface area contributed by atoms with E-state index in [1.165, 1.54) is 0 Å². The molecule has 0 unspecified atom stereocenters. The third-order valence-corrected chi connectivity index (χ3v) is 6.49. The summed E-state index contributed by atoms with van der Waals surface area (Å²) in [4.78, 5) is 24.0. The summed E-state index contributed by atoms with van der Waals surface area (Å²) in [6, 6.07) is 25.2. The molecule has 0 aliphatic heterocycles. The van der Waals surface area contributed by atoms with E-state index in [9.17, 15) is 4.79 Å². The number of anilines is 3. The van der Waals surface area contributed by atoms with E-state index >= 15 is 0 Å². The number of para-hydroxylation sites is 2. The lowest BCUT2D eigenvalue weighted by Gasteiger charge is -2.30. The lowest BCUT2D eigenvalue weighted by molar-refractivity contribution is 0.243. The Hall–Kier alpha value is -4.33. The van der Waals surface area contributed by atoms with Gasteiger partial charge in [0.15, 0.2) is 0 Å². The molecule has 37 heavy (non-hydrogen) atoms. The molecule has 1 aliphatic carbocycles. The third-order valence-electron chi connectivity index (χ3n) is 6.49. The van der Waals surface area contributed by atoms with Crippen LogP contribution in [0.1, 0.15) is 25.7 Å². The van der Waals surface area contributed by atoms with Crippen molar-refractivity contribution in [3.63, 3.8) is 0 Å². The summed E-state index contributed by atoms with van der Waals surface area (Å²) in [5, 5.41) is 10.6. The van der Waals surface area contributed by atoms with Gasteiger partial charge in [0.25, 0.3) is 0 Å². The number of benzene rings is 3. The Morgan fingerprint density at radius 1 is 0.811 bits per heavy atom. The molecule has 1 aliphatic rings. The Kier molecular flexibility index (Phi) is 7.35. The minimum absolute atomic E-state index is 0.133. The summed E-state index contributed by atoms with van der Waals surface area (Å²) in [7, 11) is 3.99. The molecule has 3 aromatic carbocycles. The van der Waals surface area contributed by atoms with E-state index < -0.39 is 0 Å². The van der Waals surface area contributed by atoms with Crippen molar-refractivity contribution >= 4 is 34.4 Å². The molecule has 3 N–H and O–H groups in total. The van der Waals surface area contributed by atoms with Gasteiger partial charge in [-0.15, -0.1) is 0 Å². The summed E-state index contributed by atoms with van der Waals surface area (Å²) in [5.74, 6) is 3.04. The number of nitrogens with one attached hydrogen (secondary N) is 3. The van der Waals surface area contributed by atoms with Crippen LogP contribution in [0.15, 0.2) is 78.9 Å². The van der Waals surface area contributed by atoms with Gasteiger partial charge in [0.1, 0.15) is 17.3 Å². The zero-order valence-electron chi connectivity index (χ0n) is 21.1. The van der Waals surface area contributed by atoms with Crippen LogP contribution in [0.5, 0.6) is 11.5 Å². The average molecular weight is 497 g/mol. The molecule has 0 atom stereocenters. The molecule has 8 nitrogen and oxygen atoms in total. The van der Waals surface area contributed by atoms with E-state index in [0.717, 1.165) is 59.6 Å². The number of urea groups is 1. The average Bonchev–Trinajstić information content (AvgIpc) is 2.91. The van der Waals surface area contributed by atoms with Crippen molar-refractivity contribution in [3.05, 3.63) is 78.9 Å². The number of amides is 2. The van der Waals surface area contributed by atoms with Crippen molar-refractivity contribution in [1.82, 2.24) is 15.3 Å². The first-order valence-electron chi connectivity index (χ1n) is 12.6. The predicted octanol–water partition coefficient (Wildman–Crippen LogP) is 6.03. The van der Waals surface area contributed by atoms with Crippen LogP contribution < -0.4 is 25.6 Å². The first kappa shape index (κ1) is 24.4. The largest absolute Gasteiger partial charge is 0.457 e. The Bertz CT molecular complexity index is 1340. The van der Waals surface area contributed by atoms with Gasteiger partial charge in [0.05, 0.1) is 5.52 Å². The van der Waals surface area contributed by atoms with Crippen LogP contribution in [0.2, 0.25) is 0 Å². The smallest absolute Gasteiger partial charge is 0.319 e. The second-order valence-corrected chi connectivity index (χ2v) is 9.51. The molecule has 1 aromatic heterocycles. The van der Waals surface area contributed by atoms with Gasteiger partial charge in [-0.2, -0.15) is 4.98 Å². The topological polar surface area (TPSA) is 91.4 Å². The minimum atomic E-state index is -0.193. The van der Waals surface area contributed by atoms with Gasteiger partial charge in [0, 0.05) is 37.3 Å². The zero-order valence-corrected chi connectivity index (χ0v) is 21.1. The molecule has 1 saturated carbocycles. The standard InChI is InChI=1S/C29H32N6O2/c1-35(2)27-25-10-6-7-11-26(25)33-28(34-27)30-20-12-14-21(15-13-20)31-29(36)32-22-16-18-24(19-17-22)37-23-8-4-3-5-9-23/h3-11,16-21H,12-15H2,1-2H3,(H,30,33,34)(H2,31,32,36)/t20-,21+. The second-order valence-electron chi connectivity index (χ2n) is 9.51. The highest BCUT2D eigenvalue weighted by Gasteiger charge is 2.23. The van der Waals surface area contributed by atoms with Crippen molar-refractivity contribution in [1.29, 1.82) is 0 Å². The van der Waals surface area contributed by atoms with Crippen LogP contribution >= 0.6 is 0 Å². The normalized spacial score (nSPS) is 17.1. The number of carbonyl (C=O) groups is 1. The van der Waals surface area contributed by atoms with E-state index in [1.807, 2.05) is 97.9 Å². The van der Waals surface area contributed by atoms with Crippen molar-refractivity contribution in [2.45, 2.75) is 37.8 Å². The molecule has 5 rings (SSSR count). The molecule has 8 heteroatoms. The number of rotatable bonds is 7. The zero-order chi connectivity index (χ0) is 25.6. The van der Waals surface area contributed by atoms with Crippen LogP contribution in [-0.4, -0.2) is 42.2 Å². The maximum absolute atomic E-state index is 12.6. The van der Waals surface area contributed by atoms with Crippen LogP contribution in [0.3, 0.4) is 0 Å². The Balaban J connectivity index is 1.10. The molecule has 1 fully saturated rings. The quantitative estimate of drug-likeness (QED) is 0.289. The van der Waals surface area contributed by atoms with E-state index in [2.05, 4.69) is 16.0 Å². The highest BCUT2D eigenvalue weighted by molar-refractivity contribution is 5.90. The molecular weight excluding hydrogens is 464 g/mol. The molecule has 0 radical (unpaired) electrons. The van der Waals surface area contributed by atoms with Gasteiger partial charge >= 0.3 is 6.03 Å². The molecule has 4 aromatic rings. The number of nitrogens with zero attached hydrogens (tertiary/aromatic N) is 3. The van der Waals surface area contributed by atoms with Crippen molar-refractivity contribution in [3.8, 4) is 11.5 Å².